The molecule has 0 aliphatic heterocycles. The van der Waals surface area contributed by atoms with Crippen LogP contribution in [0.15, 0.2) is 48.8 Å². The standard InChI is InChI=1S/C11H8N2O/c14-11(9-4-2-1-3-5-9)10-6-7-12-13-8-10/h1-8H/i6+1,10+1. The topological polar surface area (TPSA) is 42.9 Å². The van der Waals surface area contributed by atoms with Crippen molar-refractivity contribution in [3.8, 4) is 0 Å². The first-order valence-corrected chi connectivity index (χ1v) is 4.24. The molecular formula is C11H8N2O. The van der Waals surface area contributed by atoms with E-state index in [-0.39, 0.29) is 5.78 Å². The summed E-state index contributed by atoms with van der Waals surface area (Å²) in [5.74, 6) is -0.0273. The lowest BCUT2D eigenvalue weighted by Gasteiger charge is -1.98. The lowest BCUT2D eigenvalue weighted by molar-refractivity contribution is 0.103. The normalized spacial score (nSPS) is 9.71. The van der Waals surface area contributed by atoms with Crippen LogP contribution in [0.25, 0.3) is 0 Å². The van der Waals surface area contributed by atoms with Crippen molar-refractivity contribution < 1.29 is 4.79 Å². The highest BCUT2D eigenvalue weighted by atomic mass is 16.1. The highest BCUT2D eigenvalue weighted by Gasteiger charge is 2.07. The molecule has 2 aromatic rings. The second kappa shape index (κ2) is 3.79. The Balaban J connectivity index is 2.35. The van der Waals surface area contributed by atoms with Crippen molar-refractivity contribution in [3.63, 3.8) is 0 Å². The predicted octanol–water partition coefficient (Wildman–Crippen LogP) is 1.71. The maximum Gasteiger partial charge on any atom is 0.194 e. The van der Waals surface area contributed by atoms with E-state index in [1.54, 1.807) is 18.2 Å². The molecular weight excluding hydrogens is 178 g/mol. The number of aromatic nitrogens is 2. The molecule has 68 valence electrons. The van der Waals surface area contributed by atoms with Crippen LogP contribution in [-0.2, 0) is 0 Å². The zero-order valence-corrected chi connectivity index (χ0v) is 7.42. The van der Waals surface area contributed by atoms with Crippen molar-refractivity contribution in [3.05, 3.63) is 59.9 Å². The zero-order valence-electron chi connectivity index (χ0n) is 7.42. The summed E-state index contributed by atoms with van der Waals surface area (Å²) in [5.41, 5.74) is 1.23. The Morgan fingerprint density at radius 2 is 1.71 bits per heavy atom. The van der Waals surface area contributed by atoms with E-state index in [0.29, 0.717) is 11.1 Å². The van der Waals surface area contributed by atoms with Crippen molar-refractivity contribution in [1.82, 2.24) is 10.2 Å². The first-order valence-electron chi connectivity index (χ1n) is 4.24. The van der Waals surface area contributed by atoms with E-state index in [1.807, 2.05) is 18.2 Å². The maximum atomic E-state index is 11.8. The summed E-state index contributed by atoms with van der Waals surface area (Å²) in [5, 5.41) is 7.28. The van der Waals surface area contributed by atoms with E-state index >= 15 is 0 Å². The van der Waals surface area contributed by atoms with Crippen LogP contribution >= 0.6 is 0 Å². The average molecular weight is 186 g/mol. The van der Waals surface area contributed by atoms with Crippen molar-refractivity contribution >= 4 is 5.78 Å². The first-order chi connectivity index (χ1) is 6.88. The Morgan fingerprint density at radius 3 is 2.36 bits per heavy atom. The number of rotatable bonds is 2. The summed E-state index contributed by atoms with van der Waals surface area (Å²) in [6.45, 7) is 0. The molecule has 0 aliphatic carbocycles. The minimum Gasteiger partial charge on any atom is -0.289 e. The molecule has 1 heterocycles. The number of carbonyl (C=O) groups excluding carboxylic acids is 1. The van der Waals surface area contributed by atoms with Crippen molar-refractivity contribution in [2.24, 2.45) is 0 Å². The van der Waals surface area contributed by atoms with E-state index in [9.17, 15) is 4.79 Å². The molecule has 3 nitrogen and oxygen atoms in total. The third-order valence-electron chi connectivity index (χ3n) is 1.88. The SMILES string of the molecule is O=C(c1ccccc1)[13c]1cnnc[13cH]1. The van der Waals surface area contributed by atoms with Gasteiger partial charge in [-0.05, 0) is 6.07 Å². The van der Waals surface area contributed by atoms with Gasteiger partial charge in [-0.2, -0.15) is 10.2 Å². The first kappa shape index (κ1) is 8.56. The van der Waals surface area contributed by atoms with Crippen LogP contribution < -0.4 is 0 Å². The molecule has 0 amide bonds. The monoisotopic (exact) mass is 186 g/mol. The highest BCUT2D eigenvalue weighted by molar-refractivity contribution is 6.08. The molecule has 0 aliphatic rings. The Kier molecular flexibility index (Phi) is 2.32. The van der Waals surface area contributed by atoms with Gasteiger partial charge in [-0.1, -0.05) is 30.3 Å². The van der Waals surface area contributed by atoms with E-state index in [1.165, 1.54) is 12.4 Å². The van der Waals surface area contributed by atoms with Crippen LogP contribution in [-0.4, -0.2) is 16.0 Å². The lowest BCUT2D eigenvalue weighted by atomic mass is 10.2. The highest BCUT2D eigenvalue weighted by Crippen LogP contribution is 2.06. The summed E-state index contributed by atoms with van der Waals surface area (Å²) in [6, 6.07) is 10.8. The van der Waals surface area contributed by atoms with E-state index in [0.717, 1.165) is 0 Å². The zero-order chi connectivity index (χ0) is 9.80. The minimum absolute atomic E-state index is 0.0273. The molecule has 0 spiro atoms. The van der Waals surface area contributed by atoms with Gasteiger partial charge >= 0.3 is 0 Å². The molecule has 0 unspecified atom stereocenters. The number of hydrogen-bond acceptors (Lipinski definition) is 3. The largest absolute Gasteiger partial charge is 0.289 e. The molecule has 14 heavy (non-hydrogen) atoms. The van der Waals surface area contributed by atoms with Crippen LogP contribution in [0.1, 0.15) is 15.9 Å². The number of hydrogen-bond donors (Lipinski definition) is 0. The van der Waals surface area contributed by atoms with Gasteiger partial charge in [0.05, 0.1) is 12.4 Å². The third-order valence-corrected chi connectivity index (χ3v) is 1.88. The molecule has 3 heteroatoms. The van der Waals surface area contributed by atoms with Gasteiger partial charge < -0.3 is 0 Å². The summed E-state index contributed by atoms with van der Waals surface area (Å²) in [6.07, 6.45) is 2.98. The molecule has 0 saturated heterocycles. The van der Waals surface area contributed by atoms with Gasteiger partial charge in [-0.3, -0.25) is 4.79 Å². The molecule has 0 atom stereocenters. The van der Waals surface area contributed by atoms with Crippen molar-refractivity contribution in [2.45, 2.75) is 0 Å². The number of nitrogens with zero attached hydrogens (tertiary/aromatic N) is 2. The van der Waals surface area contributed by atoms with Crippen molar-refractivity contribution in [1.29, 1.82) is 0 Å². The molecule has 0 bridgehead atoms. The Labute approximate surface area is 81.4 Å². The molecule has 0 N–H and O–H groups in total. The van der Waals surface area contributed by atoms with Crippen LogP contribution in [0.3, 0.4) is 0 Å². The number of ketones is 1. The molecule has 0 fully saturated rings. The fourth-order valence-electron chi connectivity index (χ4n) is 1.18. The van der Waals surface area contributed by atoms with E-state index in [2.05, 4.69) is 10.2 Å². The summed E-state index contributed by atoms with van der Waals surface area (Å²) < 4.78 is 0. The Morgan fingerprint density at radius 1 is 0.929 bits per heavy atom. The van der Waals surface area contributed by atoms with Gasteiger partial charge in [0.1, 0.15) is 0 Å². The van der Waals surface area contributed by atoms with Gasteiger partial charge in [0.2, 0.25) is 0 Å². The average Bonchev–Trinajstić information content (AvgIpc) is 2.30. The van der Waals surface area contributed by atoms with Crippen LogP contribution in [0.2, 0.25) is 0 Å². The number of benzene rings is 1. The molecule has 1 aromatic carbocycles. The molecule has 0 radical (unpaired) electrons. The van der Waals surface area contributed by atoms with Crippen LogP contribution in [0.4, 0.5) is 0 Å². The quantitative estimate of drug-likeness (QED) is 0.670. The summed E-state index contributed by atoms with van der Waals surface area (Å²) in [4.78, 5) is 11.8. The van der Waals surface area contributed by atoms with Gasteiger partial charge in [-0.25, -0.2) is 0 Å². The maximum absolute atomic E-state index is 11.8. The van der Waals surface area contributed by atoms with Crippen LogP contribution in [0, 0.1) is 0 Å². The fraction of sp³-hybridized carbons (Fsp3) is 0. The second-order valence-corrected chi connectivity index (χ2v) is 2.83. The van der Waals surface area contributed by atoms with Gasteiger partial charge in [0, 0.05) is 11.1 Å². The molecule has 0 saturated carbocycles. The summed E-state index contributed by atoms with van der Waals surface area (Å²) >= 11 is 0. The van der Waals surface area contributed by atoms with E-state index in [4.69, 9.17) is 0 Å². The fourth-order valence-corrected chi connectivity index (χ4v) is 1.18. The van der Waals surface area contributed by atoms with Gasteiger partial charge in [-0.15, -0.1) is 0 Å². The van der Waals surface area contributed by atoms with Crippen LogP contribution in [0.5, 0.6) is 0 Å². The smallest absolute Gasteiger partial charge is 0.194 e. The summed E-state index contributed by atoms with van der Waals surface area (Å²) in [7, 11) is 0. The Bertz CT molecular complexity index is 384. The van der Waals surface area contributed by atoms with Gasteiger partial charge in [0.15, 0.2) is 5.78 Å². The van der Waals surface area contributed by atoms with Gasteiger partial charge in [0.25, 0.3) is 0 Å². The Hall–Kier alpha value is -2.03. The van der Waals surface area contributed by atoms with E-state index < -0.39 is 0 Å². The second-order valence-electron chi connectivity index (χ2n) is 2.83. The van der Waals surface area contributed by atoms with Crippen molar-refractivity contribution in [2.75, 3.05) is 0 Å². The lowest BCUT2D eigenvalue weighted by Crippen LogP contribution is -2.01. The number of carbonyl (C=O) groups is 1. The third kappa shape index (κ3) is 1.66. The molecule has 1 aromatic heterocycles. The minimum atomic E-state index is -0.0273. The predicted molar refractivity (Wildman–Crippen MR) is 51.9 cm³/mol. The molecule has 2 rings (SSSR count).